The summed E-state index contributed by atoms with van der Waals surface area (Å²) in [6.07, 6.45) is 8.50. The number of hydrogen-bond donors (Lipinski definition) is 0. The molecule has 0 aromatic rings. The van der Waals surface area contributed by atoms with Crippen LogP contribution in [0.15, 0.2) is 23.9 Å². The lowest BCUT2D eigenvalue weighted by Crippen LogP contribution is -2.22. The van der Waals surface area contributed by atoms with Crippen molar-refractivity contribution in [2.24, 2.45) is 11.3 Å². The Morgan fingerprint density at radius 3 is 2.69 bits per heavy atom. The predicted molar refractivity (Wildman–Crippen MR) is 56.4 cm³/mol. The third-order valence-electron chi connectivity index (χ3n) is 3.48. The van der Waals surface area contributed by atoms with E-state index in [9.17, 15) is 0 Å². The van der Waals surface area contributed by atoms with Gasteiger partial charge in [0.25, 0.3) is 0 Å². The van der Waals surface area contributed by atoms with Gasteiger partial charge in [-0.1, -0.05) is 19.1 Å². The summed E-state index contributed by atoms with van der Waals surface area (Å²) in [5.74, 6) is 0.827. The highest BCUT2D eigenvalue weighted by Crippen LogP contribution is 2.56. The molecule has 0 radical (unpaired) electrons. The van der Waals surface area contributed by atoms with Crippen molar-refractivity contribution in [1.29, 1.82) is 0 Å². The summed E-state index contributed by atoms with van der Waals surface area (Å²) in [4.78, 5) is 2.42. The Bertz CT molecular complexity index is 260. The van der Waals surface area contributed by atoms with Crippen LogP contribution < -0.4 is 0 Å². The number of allylic oxidation sites excluding steroid dienone is 3. The summed E-state index contributed by atoms with van der Waals surface area (Å²) in [6, 6.07) is 0. The van der Waals surface area contributed by atoms with Crippen molar-refractivity contribution in [1.82, 2.24) is 4.90 Å². The van der Waals surface area contributed by atoms with E-state index in [4.69, 9.17) is 0 Å². The molecule has 0 spiro atoms. The minimum Gasteiger partial charge on any atom is -0.372 e. The highest BCUT2D eigenvalue weighted by molar-refractivity contribution is 5.34. The summed E-state index contributed by atoms with van der Waals surface area (Å²) in [5.41, 5.74) is 1.96. The van der Waals surface area contributed by atoms with E-state index >= 15 is 0 Å². The zero-order chi connectivity index (χ0) is 9.47. The van der Waals surface area contributed by atoms with Crippen LogP contribution in [0.4, 0.5) is 0 Å². The van der Waals surface area contributed by atoms with Crippen LogP contribution in [0.5, 0.6) is 0 Å². The Morgan fingerprint density at radius 2 is 2.15 bits per heavy atom. The van der Waals surface area contributed by atoms with Crippen LogP contribution in [0.2, 0.25) is 0 Å². The summed E-state index contributed by atoms with van der Waals surface area (Å²) >= 11 is 0. The van der Waals surface area contributed by atoms with Crippen LogP contribution >= 0.6 is 0 Å². The second-order valence-corrected chi connectivity index (χ2v) is 4.41. The Morgan fingerprint density at radius 1 is 1.46 bits per heavy atom. The molecule has 0 aromatic heterocycles. The van der Waals surface area contributed by atoms with Gasteiger partial charge in [-0.2, -0.15) is 0 Å². The summed E-state index contributed by atoms with van der Waals surface area (Å²) in [6.45, 7) is 9.04. The molecule has 2 aliphatic rings. The van der Waals surface area contributed by atoms with Gasteiger partial charge in [0, 0.05) is 18.8 Å². The quantitative estimate of drug-likeness (QED) is 0.640. The first-order chi connectivity index (χ1) is 6.19. The number of fused-ring (bicyclic) bond motifs is 1. The Labute approximate surface area is 81.1 Å². The molecule has 2 atom stereocenters. The first kappa shape index (κ1) is 8.86. The van der Waals surface area contributed by atoms with E-state index < -0.39 is 0 Å². The van der Waals surface area contributed by atoms with Crippen molar-refractivity contribution < 1.29 is 0 Å². The number of rotatable bonds is 3. The molecule has 1 heteroatoms. The van der Waals surface area contributed by atoms with Crippen molar-refractivity contribution in [3.05, 3.63) is 23.9 Å². The summed E-state index contributed by atoms with van der Waals surface area (Å²) < 4.78 is 0. The fraction of sp³-hybridized carbons (Fsp3) is 0.667. The van der Waals surface area contributed by atoms with Crippen molar-refractivity contribution in [3.63, 3.8) is 0 Å². The van der Waals surface area contributed by atoms with Gasteiger partial charge in [0.2, 0.25) is 0 Å². The van der Waals surface area contributed by atoms with Crippen molar-refractivity contribution in [3.8, 4) is 0 Å². The van der Waals surface area contributed by atoms with E-state index in [-0.39, 0.29) is 0 Å². The van der Waals surface area contributed by atoms with E-state index in [1.807, 2.05) is 0 Å². The molecule has 0 amide bonds. The SMILES string of the molecule is CCN(CC)C1=CC2CC2(C)C=C1. The molecule has 2 rings (SSSR count). The topological polar surface area (TPSA) is 3.24 Å². The van der Waals surface area contributed by atoms with Gasteiger partial charge in [-0.15, -0.1) is 0 Å². The molecule has 1 saturated carbocycles. The predicted octanol–water partition coefficient (Wildman–Crippen LogP) is 2.81. The van der Waals surface area contributed by atoms with Crippen LogP contribution in [-0.4, -0.2) is 18.0 Å². The van der Waals surface area contributed by atoms with E-state index in [2.05, 4.69) is 43.9 Å². The molecule has 0 heterocycles. The van der Waals surface area contributed by atoms with E-state index in [1.165, 1.54) is 12.1 Å². The first-order valence-corrected chi connectivity index (χ1v) is 5.35. The van der Waals surface area contributed by atoms with Gasteiger partial charge in [-0.3, -0.25) is 0 Å². The smallest absolute Gasteiger partial charge is 0.0325 e. The molecule has 13 heavy (non-hydrogen) atoms. The molecule has 0 N–H and O–H groups in total. The lowest BCUT2D eigenvalue weighted by atomic mass is 10.0. The van der Waals surface area contributed by atoms with E-state index in [0.717, 1.165) is 19.0 Å². The van der Waals surface area contributed by atoms with Crippen LogP contribution in [0.25, 0.3) is 0 Å². The van der Waals surface area contributed by atoms with E-state index in [0.29, 0.717) is 5.41 Å². The van der Waals surface area contributed by atoms with Gasteiger partial charge >= 0.3 is 0 Å². The molecule has 72 valence electrons. The first-order valence-electron chi connectivity index (χ1n) is 5.35. The Balaban J connectivity index is 2.10. The second-order valence-electron chi connectivity index (χ2n) is 4.41. The molecule has 2 unspecified atom stereocenters. The normalized spacial score (nSPS) is 35.3. The van der Waals surface area contributed by atoms with Gasteiger partial charge < -0.3 is 4.90 Å². The van der Waals surface area contributed by atoms with Crippen LogP contribution in [0, 0.1) is 11.3 Å². The molecular formula is C12H19N. The number of hydrogen-bond acceptors (Lipinski definition) is 1. The lowest BCUT2D eigenvalue weighted by Gasteiger charge is -2.24. The van der Waals surface area contributed by atoms with Crippen LogP contribution in [-0.2, 0) is 0 Å². The average Bonchev–Trinajstić information content (AvgIpc) is 2.78. The third kappa shape index (κ3) is 1.41. The van der Waals surface area contributed by atoms with Crippen LogP contribution in [0.3, 0.4) is 0 Å². The highest BCUT2D eigenvalue weighted by atomic mass is 15.1. The van der Waals surface area contributed by atoms with Crippen molar-refractivity contribution in [2.45, 2.75) is 27.2 Å². The zero-order valence-electron chi connectivity index (χ0n) is 8.88. The summed E-state index contributed by atoms with van der Waals surface area (Å²) in [7, 11) is 0. The van der Waals surface area contributed by atoms with Gasteiger partial charge in [0.1, 0.15) is 0 Å². The number of nitrogens with zero attached hydrogens (tertiary/aromatic N) is 1. The lowest BCUT2D eigenvalue weighted by molar-refractivity contribution is 0.389. The average molecular weight is 177 g/mol. The standard InChI is InChI=1S/C12H19N/c1-4-13(5-2)11-6-7-12(3)9-10(12)8-11/h6-8,10H,4-5,9H2,1-3H3. The fourth-order valence-corrected chi connectivity index (χ4v) is 2.19. The molecule has 0 bridgehead atoms. The van der Waals surface area contributed by atoms with Gasteiger partial charge in [0.05, 0.1) is 0 Å². The minimum absolute atomic E-state index is 0.524. The summed E-state index contributed by atoms with van der Waals surface area (Å²) in [5, 5.41) is 0. The zero-order valence-corrected chi connectivity index (χ0v) is 8.88. The fourth-order valence-electron chi connectivity index (χ4n) is 2.19. The molecule has 1 fully saturated rings. The van der Waals surface area contributed by atoms with Gasteiger partial charge in [-0.25, -0.2) is 0 Å². The Hall–Kier alpha value is -0.720. The second kappa shape index (κ2) is 2.90. The monoisotopic (exact) mass is 177 g/mol. The maximum atomic E-state index is 2.45. The molecule has 0 aromatic carbocycles. The highest BCUT2D eigenvalue weighted by Gasteiger charge is 2.48. The molecule has 1 nitrogen and oxygen atoms in total. The van der Waals surface area contributed by atoms with Crippen molar-refractivity contribution >= 4 is 0 Å². The molecule has 0 aliphatic heterocycles. The largest absolute Gasteiger partial charge is 0.372 e. The van der Waals surface area contributed by atoms with Gasteiger partial charge in [-0.05, 0) is 37.7 Å². The Kier molecular flexibility index (Phi) is 1.98. The molecule has 2 aliphatic carbocycles. The molecule has 0 saturated heterocycles. The van der Waals surface area contributed by atoms with Crippen molar-refractivity contribution in [2.75, 3.05) is 13.1 Å². The maximum Gasteiger partial charge on any atom is 0.0325 e. The minimum atomic E-state index is 0.524. The van der Waals surface area contributed by atoms with Gasteiger partial charge in [0.15, 0.2) is 0 Å². The third-order valence-corrected chi connectivity index (χ3v) is 3.48. The van der Waals surface area contributed by atoms with Crippen LogP contribution in [0.1, 0.15) is 27.2 Å². The van der Waals surface area contributed by atoms with E-state index in [1.54, 1.807) is 0 Å². The maximum absolute atomic E-state index is 2.45. The number of likely N-dealkylation sites (N-methyl/N-ethyl adjacent to an activating group) is 1. The molecular weight excluding hydrogens is 158 g/mol.